The maximum atomic E-state index is 6.11. The number of benzene rings is 1. The first-order valence-electron chi connectivity index (χ1n) is 7.34. The molecule has 2 nitrogen and oxygen atoms in total. The summed E-state index contributed by atoms with van der Waals surface area (Å²) in [6.07, 6.45) is 7.59. The van der Waals surface area contributed by atoms with Crippen LogP contribution in [0, 0.1) is 6.92 Å². The van der Waals surface area contributed by atoms with Gasteiger partial charge in [0.1, 0.15) is 0 Å². The van der Waals surface area contributed by atoms with Gasteiger partial charge in [-0.25, -0.2) is 0 Å². The van der Waals surface area contributed by atoms with Crippen LogP contribution >= 0.6 is 11.8 Å². The Labute approximate surface area is 120 Å². The Morgan fingerprint density at radius 2 is 2.11 bits per heavy atom. The first-order chi connectivity index (χ1) is 9.17. The molecule has 1 atom stereocenters. The van der Waals surface area contributed by atoms with Gasteiger partial charge in [-0.15, -0.1) is 11.8 Å². The molecule has 1 saturated heterocycles. The summed E-state index contributed by atoms with van der Waals surface area (Å²) in [4.78, 5) is 1.35. The molecule has 1 aliphatic carbocycles. The van der Waals surface area contributed by atoms with Gasteiger partial charge in [-0.2, -0.15) is 0 Å². The number of hydrogen-bond acceptors (Lipinski definition) is 3. The minimum Gasteiger partial charge on any atom is -0.399 e. The zero-order valence-electron chi connectivity index (χ0n) is 11.7. The van der Waals surface area contributed by atoms with E-state index in [-0.39, 0.29) is 5.60 Å². The van der Waals surface area contributed by atoms with Gasteiger partial charge in [0, 0.05) is 22.4 Å². The molecule has 1 saturated carbocycles. The van der Waals surface area contributed by atoms with E-state index >= 15 is 0 Å². The maximum absolute atomic E-state index is 6.11. The van der Waals surface area contributed by atoms with Crippen LogP contribution in [0.1, 0.15) is 44.1 Å². The highest BCUT2D eigenvalue weighted by molar-refractivity contribution is 8.00. The second-order valence-electron chi connectivity index (χ2n) is 6.00. The monoisotopic (exact) mass is 277 g/mol. The molecule has 3 heteroatoms. The molecule has 1 aliphatic heterocycles. The second kappa shape index (κ2) is 5.37. The van der Waals surface area contributed by atoms with E-state index in [1.807, 2.05) is 17.8 Å². The molecule has 104 valence electrons. The molecule has 19 heavy (non-hydrogen) atoms. The third-order valence-electron chi connectivity index (χ3n) is 4.47. The van der Waals surface area contributed by atoms with Gasteiger partial charge in [0.2, 0.25) is 0 Å². The van der Waals surface area contributed by atoms with E-state index in [0.717, 1.165) is 12.3 Å². The van der Waals surface area contributed by atoms with Crippen molar-refractivity contribution in [2.45, 2.75) is 61.2 Å². The van der Waals surface area contributed by atoms with Gasteiger partial charge in [0.05, 0.1) is 5.60 Å². The molecular weight excluding hydrogens is 254 g/mol. The number of hydrogen-bond donors (Lipinski definition) is 1. The molecule has 0 bridgehead atoms. The summed E-state index contributed by atoms with van der Waals surface area (Å²) in [5, 5.41) is 0.687. The van der Waals surface area contributed by atoms with Gasteiger partial charge in [-0.05, 0) is 50.3 Å². The van der Waals surface area contributed by atoms with Gasteiger partial charge in [0.25, 0.3) is 0 Å². The van der Waals surface area contributed by atoms with Crippen LogP contribution in [-0.4, -0.2) is 17.5 Å². The third kappa shape index (κ3) is 2.92. The Morgan fingerprint density at radius 3 is 2.89 bits per heavy atom. The number of anilines is 1. The molecule has 1 heterocycles. The highest BCUT2D eigenvalue weighted by Crippen LogP contribution is 2.44. The van der Waals surface area contributed by atoms with Gasteiger partial charge < -0.3 is 10.5 Å². The van der Waals surface area contributed by atoms with Crippen molar-refractivity contribution in [3.63, 3.8) is 0 Å². The normalized spacial score (nSPS) is 25.8. The largest absolute Gasteiger partial charge is 0.399 e. The number of rotatable bonds is 2. The summed E-state index contributed by atoms with van der Waals surface area (Å²) in [7, 11) is 0. The fourth-order valence-electron chi connectivity index (χ4n) is 3.37. The number of ether oxygens (including phenoxy) is 1. The molecule has 1 unspecified atom stereocenters. The maximum Gasteiger partial charge on any atom is 0.0693 e. The number of aryl methyl sites for hydroxylation is 1. The van der Waals surface area contributed by atoms with Gasteiger partial charge >= 0.3 is 0 Å². The molecule has 1 aromatic rings. The van der Waals surface area contributed by atoms with Crippen LogP contribution in [0.5, 0.6) is 0 Å². The van der Waals surface area contributed by atoms with Crippen molar-refractivity contribution in [1.29, 1.82) is 0 Å². The summed E-state index contributed by atoms with van der Waals surface area (Å²) in [6, 6.07) is 6.24. The van der Waals surface area contributed by atoms with Crippen molar-refractivity contribution in [1.82, 2.24) is 0 Å². The molecular formula is C16H23NOS. The summed E-state index contributed by atoms with van der Waals surface area (Å²) < 4.78 is 6.11. The predicted octanol–water partition coefficient (Wildman–Crippen LogP) is 4.16. The highest BCUT2D eigenvalue weighted by Gasteiger charge is 2.40. The van der Waals surface area contributed by atoms with Gasteiger partial charge in [0.15, 0.2) is 0 Å². The topological polar surface area (TPSA) is 35.2 Å². The Kier molecular flexibility index (Phi) is 3.77. The van der Waals surface area contributed by atoms with Crippen molar-refractivity contribution in [2.24, 2.45) is 0 Å². The van der Waals surface area contributed by atoms with Crippen LogP contribution in [0.25, 0.3) is 0 Å². The van der Waals surface area contributed by atoms with E-state index in [9.17, 15) is 0 Å². The molecule has 0 aromatic heterocycles. The van der Waals surface area contributed by atoms with Crippen molar-refractivity contribution < 1.29 is 4.74 Å². The number of nitrogens with two attached hydrogens (primary N) is 1. The number of thioether (sulfide) groups is 1. The smallest absolute Gasteiger partial charge is 0.0693 e. The molecule has 2 aliphatic rings. The van der Waals surface area contributed by atoms with Crippen molar-refractivity contribution in [3.8, 4) is 0 Å². The van der Waals surface area contributed by atoms with Crippen molar-refractivity contribution in [3.05, 3.63) is 23.8 Å². The van der Waals surface area contributed by atoms with Gasteiger partial charge in [-0.1, -0.05) is 18.9 Å². The summed E-state index contributed by atoms with van der Waals surface area (Å²) in [5.74, 6) is 0. The zero-order chi connectivity index (χ0) is 13.3. The summed E-state index contributed by atoms with van der Waals surface area (Å²) in [5.41, 5.74) is 8.33. The average Bonchev–Trinajstić information content (AvgIpc) is 2.82. The minimum absolute atomic E-state index is 0.212. The molecule has 2 N–H and O–H groups in total. The molecule has 1 aromatic carbocycles. The molecule has 2 fully saturated rings. The van der Waals surface area contributed by atoms with Crippen LogP contribution in [0.4, 0.5) is 5.69 Å². The van der Waals surface area contributed by atoms with E-state index in [2.05, 4.69) is 19.1 Å². The van der Waals surface area contributed by atoms with Crippen LogP contribution in [-0.2, 0) is 4.74 Å². The van der Waals surface area contributed by atoms with E-state index in [4.69, 9.17) is 10.5 Å². The van der Waals surface area contributed by atoms with E-state index in [1.54, 1.807) is 0 Å². The lowest BCUT2D eigenvalue weighted by molar-refractivity contribution is -0.0704. The van der Waals surface area contributed by atoms with E-state index < -0.39 is 0 Å². The lowest BCUT2D eigenvalue weighted by Gasteiger charge is -2.38. The summed E-state index contributed by atoms with van der Waals surface area (Å²) in [6.45, 7) is 3.10. The Hall–Kier alpha value is -0.670. The van der Waals surface area contributed by atoms with Crippen LogP contribution < -0.4 is 5.73 Å². The fraction of sp³-hybridized carbons (Fsp3) is 0.625. The lowest BCUT2D eigenvalue weighted by atomic mass is 9.92. The highest BCUT2D eigenvalue weighted by atomic mass is 32.2. The second-order valence-corrected chi connectivity index (χ2v) is 7.34. The Morgan fingerprint density at radius 1 is 1.32 bits per heavy atom. The SMILES string of the molecule is Cc1ccc(N)cc1SC1CCOC2(CCCC2)C1. The standard InChI is InChI=1S/C16H23NOS/c1-12-4-5-13(17)10-15(12)19-14-6-9-18-16(11-14)7-2-3-8-16/h4-5,10,14H,2-3,6-9,11,17H2,1H3. The average molecular weight is 277 g/mol. The predicted molar refractivity (Wildman–Crippen MR) is 81.6 cm³/mol. The van der Waals surface area contributed by atoms with Gasteiger partial charge in [-0.3, -0.25) is 0 Å². The lowest BCUT2D eigenvalue weighted by Crippen LogP contribution is -2.38. The van der Waals surface area contributed by atoms with Crippen LogP contribution in [0.15, 0.2) is 23.1 Å². The first-order valence-corrected chi connectivity index (χ1v) is 8.22. The van der Waals surface area contributed by atoms with E-state index in [1.165, 1.54) is 49.0 Å². The molecule has 3 rings (SSSR count). The third-order valence-corrected chi connectivity index (χ3v) is 5.90. The molecule has 0 amide bonds. The molecule has 1 spiro atoms. The van der Waals surface area contributed by atoms with Crippen LogP contribution in [0.2, 0.25) is 0 Å². The Balaban J connectivity index is 1.70. The summed E-state index contributed by atoms with van der Waals surface area (Å²) >= 11 is 2.01. The van der Waals surface area contributed by atoms with Crippen LogP contribution in [0.3, 0.4) is 0 Å². The Bertz CT molecular complexity index is 454. The number of nitrogen functional groups attached to an aromatic ring is 1. The van der Waals surface area contributed by atoms with Crippen molar-refractivity contribution in [2.75, 3.05) is 12.3 Å². The molecule has 0 radical (unpaired) electrons. The first kappa shape index (κ1) is 13.3. The minimum atomic E-state index is 0.212. The fourth-order valence-corrected chi connectivity index (χ4v) is 4.79. The zero-order valence-corrected chi connectivity index (χ0v) is 12.5. The van der Waals surface area contributed by atoms with Crippen molar-refractivity contribution >= 4 is 17.4 Å². The quantitative estimate of drug-likeness (QED) is 0.824. The van der Waals surface area contributed by atoms with E-state index in [0.29, 0.717) is 5.25 Å².